The van der Waals surface area contributed by atoms with Crippen LogP contribution in [0.4, 0.5) is 0 Å². The van der Waals surface area contributed by atoms with Crippen LogP contribution in [-0.4, -0.2) is 25.2 Å². The predicted octanol–water partition coefficient (Wildman–Crippen LogP) is 2.15. The second-order valence-electron chi connectivity index (χ2n) is 3.80. The van der Waals surface area contributed by atoms with Crippen LogP contribution in [-0.2, 0) is 6.54 Å². The number of nitrogens with one attached hydrogen (secondary N) is 1. The average molecular weight is 236 g/mol. The Hall–Kier alpha value is -1.55. The van der Waals surface area contributed by atoms with Crippen LogP contribution in [0.5, 0.6) is 11.5 Å². The Morgan fingerprint density at radius 3 is 2.82 bits per heavy atom. The van der Waals surface area contributed by atoms with Gasteiger partial charge in [0.25, 0.3) is 0 Å². The lowest BCUT2D eigenvalue weighted by Gasteiger charge is -2.14. The van der Waals surface area contributed by atoms with Gasteiger partial charge >= 0.3 is 0 Å². The Morgan fingerprint density at radius 2 is 2.24 bits per heavy atom. The number of methoxy groups -OCH3 is 2. The minimum absolute atomic E-state index is 0.366. The summed E-state index contributed by atoms with van der Waals surface area (Å²) in [6, 6.07) is 2.15. The van der Waals surface area contributed by atoms with E-state index in [-0.39, 0.29) is 0 Å². The number of nitrogens with zero attached hydrogens (tertiary/aromatic N) is 1. The van der Waals surface area contributed by atoms with Crippen LogP contribution in [0.1, 0.15) is 19.0 Å². The van der Waals surface area contributed by atoms with Gasteiger partial charge in [0.2, 0.25) is 0 Å². The molecule has 0 aliphatic heterocycles. The molecule has 1 unspecified atom stereocenters. The molecular weight excluding hydrogens is 216 g/mol. The summed E-state index contributed by atoms with van der Waals surface area (Å²) in [5, 5.41) is 3.36. The summed E-state index contributed by atoms with van der Waals surface area (Å²) in [4.78, 5) is 4.30. The lowest BCUT2D eigenvalue weighted by atomic mass is 10.2. The number of aromatic nitrogens is 1. The van der Waals surface area contributed by atoms with E-state index >= 15 is 0 Å². The molecule has 1 aromatic heterocycles. The average Bonchev–Trinajstić information content (AvgIpc) is 2.36. The van der Waals surface area contributed by atoms with Crippen molar-refractivity contribution in [2.75, 3.05) is 14.2 Å². The van der Waals surface area contributed by atoms with E-state index in [1.165, 1.54) is 0 Å². The molecule has 0 aromatic carbocycles. The summed E-state index contributed by atoms with van der Waals surface area (Å²) in [6.07, 6.45) is 4.54. The van der Waals surface area contributed by atoms with Crippen LogP contribution in [0.15, 0.2) is 24.9 Å². The van der Waals surface area contributed by atoms with Crippen molar-refractivity contribution >= 4 is 0 Å². The molecule has 1 heterocycles. The summed E-state index contributed by atoms with van der Waals surface area (Å²) in [6.45, 7) is 6.47. The zero-order valence-electron chi connectivity index (χ0n) is 10.7. The maximum atomic E-state index is 5.31. The molecule has 0 fully saturated rings. The lowest BCUT2D eigenvalue weighted by Crippen LogP contribution is -2.25. The Labute approximate surface area is 103 Å². The fraction of sp³-hybridized carbons (Fsp3) is 0.462. The van der Waals surface area contributed by atoms with E-state index in [2.05, 4.69) is 23.8 Å². The highest BCUT2D eigenvalue weighted by molar-refractivity contribution is 5.42. The van der Waals surface area contributed by atoms with Crippen molar-refractivity contribution in [1.29, 1.82) is 0 Å². The monoisotopic (exact) mass is 236 g/mol. The largest absolute Gasteiger partial charge is 0.493 e. The van der Waals surface area contributed by atoms with Crippen LogP contribution < -0.4 is 14.8 Å². The summed E-state index contributed by atoms with van der Waals surface area (Å²) < 4.78 is 10.5. The molecule has 4 heteroatoms. The zero-order valence-corrected chi connectivity index (χ0v) is 10.7. The number of ether oxygens (including phenoxy) is 2. The van der Waals surface area contributed by atoms with Crippen LogP contribution >= 0.6 is 0 Å². The molecule has 17 heavy (non-hydrogen) atoms. The predicted molar refractivity (Wildman–Crippen MR) is 68.5 cm³/mol. The van der Waals surface area contributed by atoms with Crippen molar-refractivity contribution < 1.29 is 9.47 Å². The smallest absolute Gasteiger partial charge is 0.183 e. The highest BCUT2D eigenvalue weighted by atomic mass is 16.5. The van der Waals surface area contributed by atoms with Gasteiger partial charge in [-0.05, 0) is 13.3 Å². The summed E-state index contributed by atoms with van der Waals surface area (Å²) >= 11 is 0. The second kappa shape index (κ2) is 6.91. The van der Waals surface area contributed by atoms with Crippen LogP contribution in [0.2, 0.25) is 0 Å². The molecule has 0 aliphatic rings. The molecule has 1 aromatic rings. The first-order valence-electron chi connectivity index (χ1n) is 5.63. The van der Waals surface area contributed by atoms with Gasteiger partial charge in [-0.2, -0.15) is 0 Å². The maximum Gasteiger partial charge on any atom is 0.183 e. The molecule has 0 saturated heterocycles. The highest BCUT2D eigenvalue weighted by Gasteiger charge is 2.11. The standard InChI is InChI=1S/C13H20N2O2/c1-5-6-10(2)15-9-11-13(17-4)12(16-3)7-8-14-11/h5,7-8,10,15H,1,6,9H2,2-4H3. The molecule has 94 valence electrons. The van der Waals surface area contributed by atoms with Gasteiger partial charge in [0.15, 0.2) is 11.5 Å². The molecule has 0 saturated carbocycles. The Balaban J connectivity index is 2.73. The van der Waals surface area contributed by atoms with E-state index < -0.39 is 0 Å². The van der Waals surface area contributed by atoms with Gasteiger partial charge in [-0.25, -0.2) is 0 Å². The first-order valence-corrected chi connectivity index (χ1v) is 5.63. The van der Waals surface area contributed by atoms with E-state index in [9.17, 15) is 0 Å². The van der Waals surface area contributed by atoms with Crippen molar-refractivity contribution in [2.45, 2.75) is 25.9 Å². The first-order chi connectivity index (χ1) is 8.22. The van der Waals surface area contributed by atoms with Gasteiger partial charge in [-0.15, -0.1) is 6.58 Å². The first kappa shape index (κ1) is 13.5. The molecule has 0 amide bonds. The molecule has 1 rings (SSSR count). The fourth-order valence-corrected chi connectivity index (χ4v) is 1.58. The van der Waals surface area contributed by atoms with Gasteiger partial charge in [0.1, 0.15) is 0 Å². The van der Waals surface area contributed by atoms with E-state index in [1.807, 2.05) is 6.08 Å². The van der Waals surface area contributed by atoms with Gasteiger partial charge in [-0.3, -0.25) is 4.98 Å². The normalized spacial score (nSPS) is 11.9. The van der Waals surface area contributed by atoms with Crippen molar-refractivity contribution in [3.8, 4) is 11.5 Å². The Kier molecular flexibility index (Phi) is 5.49. The van der Waals surface area contributed by atoms with E-state index in [0.717, 1.165) is 12.1 Å². The summed E-state index contributed by atoms with van der Waals surface area (Å²) in [5.74, 6) is 1.39. The minimum atomic E-state index is 0.366. The lowest BCUT2D eigenvalue weighted by molar-refractivity contribution is 0.347. The molecular formula is C13H20N2O2. The van der Waals surface area contributed by atoms with E-state index in [1.54, 1.807) is 26.5 Å². The van der Waals surface area contributed by atoms with Crippen molar-refractivity contribution in [3.05, 3.63) is 30.6 Å². The van der Waals surface area contributed by atoms with Crippen molar-refractivity contribution in [2.24, 2.45) is 0 Å². The third-order valence-corrected chi connectivity index (χ3v) is 2.50. The third-order valence-electron chi connectivity index (χ3n) is 2.50. The van der Waals surface area contributed by atoms with Crippen molar-refractivity contribution in [1.82, 2.24) is 10.3 Å². The van der Waals surface area contributed by atoms with Gasteiger partial charge < -0.3 is 14.8 Å². The maximum absolute atomic E-state index is 5.31. The topological polar surface area (TPSA) is 43.4 Å². The number of rotatable bonds is 7. The number of pyridine rings is 1. The van der Waals surface area contributed by atoms with Crippen LogP contribution in [0, 0.1) is 0 Å². The van der Waals surface area contributed by atoms with E-state index in [4.69, 9.17) is 9.47 Å². The molecule has 0 spiro atoms. The highest BCUT2D eigenvalue weighted by Crippen LogP contribution is 2.28. The van der Waals surface area contributed by atoms with Crippen LogP contribution in [0.25, 0.3) is 0 Å². The third kappa shape index (κ3) is 3.75. The zero-order chi connectivity index (χ0) is 12.7. The van der Waals surface area contributed by atoms with Gasteiger partial charge in [-0.1, -0.05) is 6.08 Å². The van der Waals surface area contributed by atoms with E-state index in [0.29, 0.717) is 24.1 Å². The molecule has 1 atom stereocenters. The fourth-order valence-electron chi connectivity index (χ4n) is 1.58. The van der Waals surface area contributed by atoms with Crippen LogP contribution in [0.3, 0.4) is 0 Å². The Morgan fingerprint density at radius 1 is 1.47 bits per heavy atom. The minimum Gasteiger partial charge on any atom is -0.493 e. The molecule has 0 bridgehead atoms. The second-order valence-corrected chi connectivity index (χ2v) is 3.80. The summed E-state index contributed by atoms with van der Waals surface area (Å²) in [5.41, 5.74) is 0.850. The van der Waals surface area contributed by atoms with Gasteiger partial charge in [0.05, 0.1) is 19.9 Å². The Bertz CT molecular complexity index is 366. The SMILES string of the molecule is C=CCC(C)NCc1nccc(OC)c1OC. The molecule has 1 N–H and O–H groups in total. The molecule has 0 radical (unpaired) electrons. The van der Waals surface area contributed by atoms with Gasteiger partial charge in [0, 0.05) is 24.8 Å². The number of hydrogen-bond donors (Lipinski definition) is 1. The summed E-state index contributed by atoms with van der Waals surface area (Å²) in [7, 11) is 3.24. The quantitative estimate of drug-likeness (QED) is 0.737. The number of hydrogen-bond acceptors (Lipinski definition) is 4. The molecule has 0 aliphatic carbocycles. The van der Waals surface area contributed by atoms with Crippen molar-refractivity contribution in [3.63, 3.8) is 0 Å². The molecule has 4 nitrogen and oxygen atoms in total.